The lowest BCUT2D eigenvalue weighted by Crippen LogP contribution is -2.73. The zero-order valence-electron chi connectivity index (χ0n) is 34.3. The van der Waals surface area contributed by atoms with Gasteiger partial charge in [-0.25, -0.2) is 0 Å². The van der Waals surface area contributed by atoms with Crippen molar-refractivity contribution in [1.82, 2.24) is 0 Å². The van der Waals surface area contributed by atoms with Crippen LogP contribution in [0.5, 0.6) is 11.5 Å². The molecule has 5 aliphatic rings. The molecule has 0 bridgehead atoms. The summed E-state index contributed by atoms with van der Waals surface area (Å²) >= 11 is 0. The van der Waals surface area contributed by atoms with Crippen molar-refractivity contribution in [2.45, 2.75) is 93.9 Å². The summed E-state index contributed by atoms with van der Waals surface area (Å²) in [7, 11) is 3.59. The standard InChI is InChI=1S/C51H60O2/c1-32-29-36(25-27-42(32)52-11)51(35-20-14-15-21-35,37-26-28-43(53-12)33(2)30-37)50(10)45-40-31-34-19-13-16-22-38(34)44(40)39-23-17-18-24-41(39)49(45,9)47(5,6)46(3,4)48(50,7)8/h13-17,19-23,25-30,35,41H,18,24,31H2,1-12H3. The molecule has 2 nitrogen and oxygen atoms in total. The number of benzene rings is 3. The van der Waals surface area contributed by atoms with E-state index >= 15 is 0 Å². The maximum Gasteiger partial charge on any atom is 0.121 e. The van der Waals surface area contributed by atoms with Crippen LogP contribution in [0.3, 0.4) is 0 Å². The SMILES string of the molecule is COc1ccc(C(c2ccc(OC)c(C)c2)(C2C=CC=C2)C2(C)C3=C4Cc5ccccc5C4=C4C=CCCC4C3(C)C(C)(C)C(C)(C)C2(C)C)cc1C. The van der Waals surface area contributed by atoms with E-state index < -0.39 is 10.8 Å². The van der Waals surface area contributed by atoms with Gasteiger partial charge in [0, 0.05) is 22.2 Å². The van der Waals surface area contributed by atoms with Crippen LogP contribution in [-0.4, -0.2) is 14.2 Å². The summed E-state index contributed by atoms with van der Waals surface area (Å²) in [4.78, 5) is 0. The van der Waals surface area contributed by atoms with Gasteiger partial charge in [-0.05, 0) is 118 Å². The first kappa shape index (κ1) is 36.0. The van der Waals surface area contributed by atoms with Crippen molar-refractivity contribution < 1.29 is 9.47 Å². The Balaban J connectivity index is 1.63. The quantitative estimate of drug-likeness (QED) is 0.254. The molecule has 0 aliphatic heterocycles. The van der Waals surface area contributed by atoms with E-state index in [9.17, 15) is 0 Å². The molecule has 5 aliphatic carbocycles. The molecule has 276 valence electrons. The highest BCUT2D eigenvalue weighted by Crippen LogP contribution is 2.83. The average molecular weight is 705 g/mol. The van der Waals surface area contributed by atoms with E-state index in [1.54, 1.807) is 30.9 Å². The highest BCUT2D eigenvalue weighted by molar-refractivity contribution is 5.92. The molecule has 0 amide bonds. The van der Waals surface area contributed by atoms with Crippen molar-refractivity contribution in [3.63, 3.8) is 0 Å². The number of hydrogen-bond donors (Lipinski definition) is 0. The molecule has 0 heterocycles. The lowest BCUT2D eigenvalue weighted by Gasteiger charge is -2.78. The van der Waals surface area contributed by atoms with Crippen LogP contribution < -0.4 is 9.47 Å². The number of aryl methyl sites for hydroxylation is 2. The van der Waals surface area contributed by atoms with E-state index in [0.29, 0.717) is 5.92 Å². The fourth-order valence-electron chi connectivity index (χ4n) is 13.1. The summed E-state index contributed by atoms with van der Waals surface area (Å²) in [5.41, 5.74) is 12.9. The second-order valence-electron chi connectivity index (χ2n) is 18.7. The van der Waals surface area contributed by atoms with Crippen LogP contribution in [0.4, 0.5) is 0 Å². The molecule has 3 aromatic carbocycles. The molecule has 3 atom stereocenters. The second-order valence-corrected chi connectivity index (χ2v) is 18.7. The van der Waals surface area contributed by atoms with E-state index in [4.69, 9.17) is 9.47 Å². The van der Waals surface area contributed by atoms with E-state index in [2.05, 4.69) is 166 Å². The first-order valence-electron chi connectivity index (χ1n) is 20.0. The maximum atomic E-state index is 5.95. The molecule has 8 rings (SSSR count). The molecule has 3 aromatic rings. The molecule has 3 unspecified atom stereocenters. The number of ether oxygens (including phenoxy) is 2. The van der Waals surface area contributed by atoms with E-state index in [0.717, 1.165) is 24.3 Å². The number of hydrogen-bond acceptors (Lipinski definition) is 2. The highest BCUT2D eigenvalue weighted by atomic mass is 16.5. The van der Waals surface area contributed by atoms with Gasteiger partial charge in [0.1, 0.15) is 11.5 Å². The summed E-state index contributed by atoms with van der Waals surface area (Å²) in [5, 5.41) is 0. The minimum Gasteiger partial charge on any atom is -0.496 e. The van der Waals surface area contributed by atoms with Crippen LogP contribution in [0.1, 0.15) is 102 Å². The highest BCUT2D eigenvalue weighted by Gasteiger charge is 2.77. The molecule has 0 aromatic heterocycles. The fourth-order valence-corrected chi connectivity index (χ4v) is 13.1. The number of rotatable bonds is 6. The number of allylic oxidation sites excluding steroid dienone is 10. The molecule has 0 N–H and O–H groups in total. The third-order valence-corrected chi connectivity index (χ3v) is 17.0. The van der Waals surface area contributed by atoms with Gasteiger partial charge in [-0.3, -0.25) is 0 Å². The minimum atomic E-state index is -0.507. The van der Waals surface area contributed by atoms with Crippen LogP contribution in [0.15, 0.2) is 114 Å². The summed E-state index contributed by atoms with van der Waals surface area (Å²) < 4.78 is 11.9. The van der Waals surface area contributed by atoms with Crippen molar-refractivity contribution >= 4 is 5.57 Å². The molecular formula is C51H60O2. The van der Waals surface area contributed by atoms with Gasteiger partial charge in [-0.15, -0.1) is 0 Å². The summed E-state index contributed by atoms with van der Waals surface area (Å²) in [5.74, 6) is 2.37. The van der Waals surface area contributed by atoms with Gasteiger partial charge in [0.15, 0.2) is 0 Å². The van der Waals surface area contributed by atoms with Gasteiger partial charge in [0.2, 0.25) is 0 Å². The normalized spacial score (nSPS) is 27.7. The minimum absolute atomic E-state index is 0.0501. The predicted octanol–water partition coefficient (Wildman–Crippen LogP) is 12.7. The third kappa shape index (κ3) is 4.16. The van der Waals surface area contributed by atoms with Crippen LogP contribution in [0.2, 0.25) is 0 Å². The molecule has 0 spiro atoms. The van der Waals surface area contributed by atoms with Crippen molar-refractivity contribution in [1.29, 1.82) is 0 Å². The van der Waals surface area contributed by atoms with Crippen molar-refractivity contribution in [2.75, 3.05) is 14.2 Å². The summed E-state index contributed by atoms with van der Waals surface area (Å²) in [6.45, 7) is 25.6. The Labute approximate surface area is 319 Å². The Hall–Kier alpha value is -4.04. The maximum absolute atomic E-state index is 5.95. The molecular weight excluding hydrogens is 645 g/mol. The lowest BCUT2D eigenvalue weighted by molar-refractivity contribution is -0.212. The topological polar surface area (TPSA) is 18.5 Å². The largest absolute Gasteiger partial charge is 0.496 e. The first-order valence-corrected chi connectivity index (χ1v) is 20.0. The Kier molecular flexibility index (Phi) is 7.96. The van der Waals surface area contributed by atoms with E-state index in [-0.39, 0.29) is 27.6 Å². The van der Waals surface area contributed by atoms with Gasteiger partial charge in [0.05, 0.1) is 14.2 Å². The average Bonchev–Trinajstić information content (AvgIpc) is 3.80. The molecule has 53 heavy (non-hydrogen) atoms. The van der Waals surface area contributed by atoms with E-state index in [1.165, 1.54) is 45.4 Å². The Morgan fingerprint density at radius 2 is 1.28 bits per heavy atom. The number of methoxy groups -OCH3 is 2. The van der Waals surface area contributed by atoms with Crippen LogP contribution in [-0.2, 0) is 11.8 Å². The lowest BCUT2D eigenvalue weighted by atomic mass is 9.25. The van der Waals surface area contributed by atoms with E-state index in [1.807, 2.05) is 0 Å². The molecule has 1 saturated carbocycles. The molecule has 1 fully saturated rings. The van der Waals surface area contributed by atoms with Crippen molar-refractivity contribution in [3.05, 3.63) is 147 Å². The van der Waals surface area contributed by atoms with Crippen LogP contribution >= 0.6 is 0 Å². The molecule has 0 saturated heterocycles. The van der Waals surface area contributed by atoms with Gasteiger partial charge in [-0.1, -0.05) is 146 Å². The van der Waals surface area contributed by atoms with Crippen LogP contribution in [0.25, 0.3) is 5.57 Å². The Morgan fingerprint density at radius 1 is 0.698 bits per heavy atom. The smallest absolute Gasteiger partial charge is 0.121 e. The second kappa shape index (κ2) is 11.7. The molecule has 2 heteroatoms. The van der Waals surface area contributed by atoms with Gasteiger partial charge < -0.3 is 9.47 Å². The van der Waals surface area contributed by atoms with Crippen molar-refractivity contribution in [2.24, 2.45) is 38.9 Å². The van der Waals surface area contributed by atoms with Gasteiger partial charge >= 0.3 is 0 Å². The van der Waals surface area contributed by atoms with Crippen LogP contribution in [0, 0.1) is 52.8 Å². The Bertz CT molecular complexity index is 2110. The van der Waals surface area contributed by atoms with Gasteiger partial charge in [0.25, 0.3) is 0 Å². The van der Waals surface area contributed by atoms with Gasteiger partial charge in [-0.2, -0.15) is 0 Å². The third-order valence-electron chi connectivity index (χ3n) is 17.0. The summed E-state index contributed by atoms with van der Waals surface area (Å²) in [6.07, 6.45) is 17.8. The zero-order chi connectivity index (χ0) is 37.9. The fraction of sp³-hybridized carbons (Fsp3) is 0.451. The predicted molar refractivity (Wildman–Crippen MR) is 222 cm³/mol. The van der Waals surface area contributed by atoms with Crippen molar-refractivity contribution in [3.8, 4) is 11.5 Å². The molecule has 0 radical (unpaired) electrons. The zero-order valence-corrected chi connectivity index (χ0v) is 34.3. The monoisotopic (exact) mass is 704 g/mol. The number of fused-ring (bicyclic) bond motifs is 6. The Morgan fingerprint density at radius 3 is 1.85 bits per heavy atom. The first-order chi connectivity index (χ1) is 25.1. The summed E-state index contributed by atoms with van der Waals surface area (Å²) in [6, 6.07) is 23.5.